The van der Waals surface area contributed by atoms with Crippen LogP contribution < -0.4 is 4.90 Å². The molecule has 2 aromatic rings. The average molecular weight is 443 g/mol. The quantitative estimate of drug-likeness (QED) is 0.711. The van der Waals surface area contributed by atoms with Gasteiger partial charge in [0.1, 0.15) is 0 Å². The number of alkyl halides is 3. The summed E-state index contributed by atoms with van der Waals surface area (Å²) in [4.78, 5) is 16.8. The Morgan fingerprint density at radius 3 is 2.62 bits per heavy atom. The summed E-state index contributed by atoms with van der Waals surface area (Å²) in [5.74, 6) is 0.0219. The molecular formula is C24H24F3N3O2. The first-order valence-corrected chi connectivity index (χ1v) is 10.5. The second-order valence-corrected chi connectivity index (χ2v) is 8.58. The van der Waals surface area contributed by atoms with Crippen LogP contribution in [0.1, 0.15) is 27.9 Å². The minimum atomic E-state index is -4.59. The number of anilines is 1. The number of amides is 1. The molecule has 2 fully saturated rings. The molecule has 4 rings (SSSR count). The normalized spacial score (nSPS) is 23.0. The molecule has 0 spiro atoms. The van der Waals surface area contributed by atoms with Crippen molar-refractivity contribution in [3.63, 3.8) is 0 Å². The summed E-state index contributed by atoms with van der Waals surface area (Å²) in [5.41, 5.74) is -0.464. The van der Waals surface area contributed by atoms with Crippen LogP contribution in [0, 0.1) is 22.7 Å². The van der Waals surface area contributed by atoms with E-state index >= 15 is 0 Å². The van der Waals surface area contributed by atoms with Gasteiger partial charge in [0.05, 0.1) is 23.8 Å². The SMILES string of the molecule is COC[C@@]12CCN(c3ccc(C#N)c(C(F)(F)F)c3)C[C@@H]1CN(C(=O)c1ccccc1)C2. The van der Waals surface area contributed by atoms with E-state index in [1.807, 2.05) is 28.0 Å². The number of halogens is 3. The van der Waals surface area contributed by atoms with Crippen molar-refractivity contribution in [1.29, 1.82) is 5.26 Å². The van der Waals surface area contributed by atoms with Crippen molar-refractivity contribution in [3.8, 4) is 6.07 Å². The Kier molecular flexibility index (Phi) is 5.87. The van der Waals surface area contributed by atoms with Gasteiger partial charge >= 0.3 is 6.18 Å². The number of hydrogen-bond acceptors (Lipinski definition) is 4. The average Bonchev–Trinajstić information content (AvgIpc) is 3.17. The number of rotatable bonds is 4. The topological polar surface area (TPSA) is 56.6 Å². The van der Waals surface area contributed by atoms with Gasteiger partial charge in [-0.25, -0.2) is 0 Å². The molecule has 0 unspecified atom stereocenters. The van der Waals surface area contributed by atoms with Gasteiger partial charge in [0.15, 0.2) is 0 Å². The van der Waals surface area contributed by atoms with Crippen molar-refractivity contribution in [1.82, 2.24) is 4.90 Å². The largest absolute Gasteiger partial charge is 0.417 e. The summed E-state index contributed by atoms with van der Waals surface area (Å²) in [6.45, 7) is 2.65. The summed E-state index contributed by atoms with van der Waals surface area (Å²) in [6, 6.07) is 14.6. The Hall–Kier alpha value is -3.05. The molecule has 0 N–H and O–H groups in total. The minimum absolute atomic E-state index is 0.0419. The Balaban J connectivity index is 1.58. The third-order valence-electron chi connectivity index (χ3n) is 6.67. The van der Waals surface area contributed by atoms with E-state index < -0.39 is 11.7 Å². The lowest BCUT2D eigenvalue weighted by Crippen LogP contribution is -2.49. The second kappa shape index (κ2) is 8.47. The fourth-order valence-corrected chi connectivity index (χ4v) is 5.02. The van der Waals surface area contributed by atoms with Gasteiger partial charge in [-0.05, 0) is 36.8 Å². The Labute approximate surface area is 185 Å². The molecule has 5 nitrogen and oxygen atoms in total. The zero-order valence-electron chi connectivity index (χ0n) is 17.7. The Bertz CT molecular complexity index is 1040. The van der Waals surface area contributed by atoms with Gasteiger partial charge in [-0.15, -0.1) is 0 Å². The van der Waals surface area contributed by atoms with Crippen LogP contribution in [0.15, 0.2) is 48.5 Å². The number of ether oxygens (including phenoxy) is 1. The zero-order valence-corrected chi connectivity index (χ0v) is 17.7. The molecule has 168 valence electrons. The third-order valence-corrected chi connectivity index (χ3v) is 6.67. The van der Waals surface area contributed by atoms with Crippen LogP contribution in [0.2, 0.25) is 0 Å². The van der Waals surface area contributed by atoms with Gasteiger partial charge in [-0.1, -0.05) is 18.2 Å². The van der Waals surface area contributed by atoms with E-state index in [4.69, 9.17) is 10.00 Å². The molecule has 0 aromatic heterocycles. The maximum Gasteiger partial charge on any atom is 0.417 e. The highest BCUT2D eigenvalue weighted by molar-refractivity contribution is 5.94. The predicted molar refractivity (Wildman–Crippen MR) is 113 cm³/mol. The highest BCUT2D eigenvalue weighted by Crippen LogP contribution is 2.45. The molecule has 2 saturated heterocycles. The lowest BCUT2D eigenvalue weighted by atomic mass is 9.73. The Morgan fingerprint density at radius 2 is 1.97 bits per heavy atom. The lowest BCUT2D eigenvalue weighted by Gasteiger charge is -2.44. The number of carbonyl (C=O) groups is 1. The van der Waals surface area contributed by atoms with E-state index in [9.17, 15) is 18.0 Å². The lowest BCUT2D eigenvalue weighted by molar-refractivity contribution is -0.137. The second-order valence-electron chi connectivity index (χ2n) is 8.58. The summed E-state index contributed by atoms with van der Waals surface area (Å²) in [7, 11) is 1.64. The number of nitriles is 1. The van der Waals surface area contributed by atoms with Crippen molar-refractivity contribution < 1.29 is 22.7 Å². The summed E-state index contributed by atoms with van der Waals surface area (Å²) >= 11 is 0. The summed E-state index contributed by atoms with van der Waals surface area (Å²) in [6.07, 6.45) is -3.89. The molecule has 2 heterocycles. The summed E-state index contributed by atoms with van der Waals surface area (Å²) in [5, 5.41) is 9.06. The standard InChI is InChI=1S/C24H24F3N3O2/c1-32-16-23-9-10-29(20-8-7-18(12-28)21(11-20)24(25,26)27)13-19(23)14-30(15-23)22(31)17-5-3-2-4-6-17/h2-8,11,19H,9-10,13-16H2,1H3/t19-,23+/m1/s1. The first-order chi connectivity index (χ1) is 15.3. The van der Waals surface area contributed by atoms with E-state index in [1.165, 1.54) is 6.07 Å². The van der Waals surface area contributed by atoms with Crippen LogP contribution in [0.5, 0.6) is 0 Å². The molecule has 8 heteroatoms. The highest BCUT2D eigenvalue weighted by atomic mass is 19.4. The van der Waals surface area contributed by atoms with Crippen molar-refractivity contribution in [2.24, 2.45) is 11.3 Å². The predicted octanol–water partition coefficient (Wildman–Crippen LogP) is 4.19. The molecule has 0 radical (unpaired) electrons. The molecule has 2 aromatic carbocycles. The molecule has 1 amide bonds. The number of carbonyl (C=O) groups excluding carboxylic acids is 1. The number of likely N-dealkylation sites (tertiary alicyclic amines) is 1. The van der Waals surface area contributed by atoms with Crippen LogP contribution in [0.25, 0.3) is 0 Å². The van der Waals surface area contributed by atoms with E-state index in [1.54, 1.807) is 31.4 Å². The van der Waals surface area contributed by atoms with Crippen LogP contribution in [-0.4, -0.2) is 50.7 Å². The molecule has 0 saturated carbocycles. The highest BCUT2D eigenvalue weighted by Gasteiger charge is 2.51. The first kappa shape index (κ1) is 22.2. The van der Waals surface area contributed by atoms with Gasteiger partial charge in [-0.3, -0.25) is 4.79 Å². The van der Waals surface area contributed by atoms with Crippen LogP contribution in [0.4, 0.5) is 18.9 Å². The molecule has 2 aliphatic heterocycles. The third kappa shape index (κ3) is 4.05. The van der Waals surface area contributed by atoms with E-state index in [2.05, 4.69) is 0 Å². The molecule has 0 bridgehead atoms. The van der Waals surface area contributed by atoms with Crippen LogP contribution in [-0.2, 0) is 10.9 Å². The smallest absolute Gasteiger partial charge is 0.384 e. The number of fused-ring (bicyclic) bond motifs is 1. The van der Waals surface area contributed by atoms with Crippen molar-refractivity contribution >= 4 is 11.6 Å². The molecule has 0 aliphatic carbocycles. The van der Waals surface area contributed by atoms with E-state index in [-0.39, 0.29) is 22.8 Å². The number of methoxy groups -OCH3 is 1. The monoisotopic (exact) mass is 443 g/mol. The number of benzene rings is 2. The number of hydrogen-bond donors (Lipinski definition) is 0. The van der Waals surface area contributed by atoms with Crippen LogP contribution >= 0.6 is 0 Å². The van der Waals surface area contributed by atoms with Gasteiger partial charge < -0.3 is 14.5 Å². The van der Waals surface area contributed by atoms with Crippen molar-refractivity contribution in [3.05, 3.63) is 65.2 Å². The molecule has 2 aliphatic rings. The van der Waals surface area contributed by atoms with Crippen molar-refractivity contribution in [2.45, 2.75) is 12.6 Å². The fraction of sp³-hybridized carbons (Fsp3) is 0.417. The summed E-state index contributed by atoms with van der Waals surface area (Å²) < 4.78 is 45.8. The van der Waals surface area contributed by atoms with E-state index in [0.29, 0.717) is 50.5 Å². The Morgan fingerprint density at radius 1 is 1.22 bits per heavy atom. The van der Waals surface area contributed by atoms with E-state index in [0.717, 1.165) is 6.07 Å². The fourth-order valence-electron chi connectivity index (χ4n) is 5.02. The molecule has 32 heavy (non-hydrogen) atoms. The first-order valence-electron chi connectivity index (χ1n) is 10.5. The molecular weight excluding hydrogens is 419 g/mol. The number of nitrogens with zero attached hydrogens (tertiary/aromatic N) is 3. The number of piperidine rings is 1. The van der Waals surface area contributed by atoms with Gasteiger partial charge in [0.25, 0.3) is 5.91 Å². The minimum Gasteiger partial charge on any atom is -0.384 e. The van der Waals surface area contributed by atoms with Crippen molar-refractivity contribution in [2.75, 3.05) is 44.8 Å². The maximum atomic E-state index is 13.4. The zero-order chi connectivity index (χ0) is 22.9. The van der Waals surface area contributed by atoms with Gasteiger partial charge in [0.2, 0.25) is 0 Å². The van der Waals surface area contributed by atoms with Crippen LogP contribution in [0.3, 0.4) is 0 Å². The van der Waals surface area contributed by atoms with Gasteiger partial charge in [0, 0.05) is 55.9 Å². The van der Waals surface area contributed by atoms with Gasteiger partial charge in [-0.2, -0.15) is 18.4 Å². The molecule has 2 atom stereocenters. The maximum absolute atomic E-state index is 13.4.